The van der Waals surface area contributed by atoms with Gasteiger partial charge in [0.2, 0.25) is 0 Å². The van der Waals surface area contributed by atoms with Crippen LogP contribution in [-0.2, 0) is 11.3 Å². The van der Waals surface area contributed by atoms with Gasteiger partial charge in [-0.3, -0.25) is 0 Å². The van der Waals surface area contributed by atoms with Gasteiger partial charge < -0.3 is 14.5 Å². The van der Waals surface area contributed by atoms with Crippen molar-refractivity contribution in [3.63, 3.8) is 0 Å². The van der Waals surface area contributed by atoms with E-state index in [9.17, 15) is 0 Å². The first kappa shape index (κ1) is 14.9. The summed E-state index contributed by atoms with van der Waals surface area (Å²) in [5.41, 5.74) is 0.986. The summed E-state index contributed by atoms with van der Waals surface area (Å²) in [6.45, 7) is 2.59. The van der Waals surface area contributed by atoms with Gasteiger partial charge in [0.25, 0.3) is 0 Å². The van der Waals surface area contributed by atoms with E-state index in [-0.39, 0.29) is 6.10 Å². The first-order chi connectivity index (χ1) is 8.45. The van der Waals surface area contributed by atoms with E-state index in [0.717, 1.165) is 16.7 Å². The van der Waals surface area contributed by atoms with Crippen molar-refractivity contribution in [1.82, 2.24) is 14.8 Å². The number of ether oxygens (including phenoxy) is 1. The fourth-order valence-corrected chi connectivity index (χ4v) is 2.36. The van der Waals surface area contributed by atoms with Gasteiger partial charge in [-0.25, -0.2) is 9.98 Å². The summed E-state index contributed by atoms with van der Waals surface area (Å²) in [5, 5.41) is 3.04. The summed E-state index contributed by atoms with van der Waals surface area (Å²) in [7, 11) is 9.63. The molecule has 6 heteroatoms. The molecule has 0 amide bonds. The Morgan fingerprint density at radius 3 is 2.50 bits per heavy atom. The molecule has 0 aliphatic heterocycles. The third-order valence-electron chi connectivity index (χ3n) is 2.45. The lowest BCUT2D eigenvalue weighted by Gasteiger charge is -2.22. The van der Waals surface area contributed by atoms with E-state index in [1.165, 1.54) is 0 Å². The molecule has 1 heterocycles. The fourth-order valence-electron chi connectivity index (χ4n) is 1.52. The van der Waals surface area contributed by atoms with Crippen LogP contribution >= 0.6 is 11.3 Å². The maximum absolute atomic E-state index is 5.25. The van der Waals surface area contributed by atoms with Crippen molar-refractivity contribution in [1.29, 1.82) is 0 Å². The first-order valence-electron chi connectivity index (χ1n) is 5.82. The zero-order valence-electron chi connectivity index (χ0n) is 12.0. The molecule has 1 rings (SSSR count). The van der Waals surface area contributed by atoms with E-state index in [0.29, 0.717) is 6.54 Å². The van der Waals surface area contributed by atoms with Crippen LogP contribution in [0, 0.1) is 0 Å². The molecule has 1 aromatic rings. The Balaban J connectivity index is 2.73. The van der Waals surface area contributed by atoms with Gasteiger partial charge in [0.05, 0.1) is 12.2 Å². The highest BCUT2D eigenvalue weighted by molar-refractivity contribution is 7.09. The van der Waals surface area contributed by atoms with E-state index < -0.39 is 0 Å². The summed E-state index contributed by atoms with van der Waals surface area (Å²) in [4.78, 5) is 13.1. The Labute approximate surface area is 113 Å². The molecule has 0 aliphatic rings. The standard InChI is InChI=1S/C12H22N4OS/c1-9(17-6)11-14-10(8-18-11)7-13-12(15(2)3)16(4)5/h8-9H,7H2,1-6H3. The Bertz CT molecular complexity index is 391. The second kappa shape index (κ2) is 6.70. The summed E-state index contributed by atoms with van der Waals surface area (Å²) < 4.78 is 5.25. The minimum atomic E-state index is 0.0508. The predicted molar refractivity (Wildman–Crippen MR) is 76.1 cm³/mol. The van der Waals surface area contributed by atoms with Gasteiger partial charge in [0.1, 0.15) is 11.1 Å². The summed E-state index contributed by atoms with van der Waals surface area (Å²) in [6.07, 6.45) is 0.0508. The van der Waals surface area contributed by atoms with Crippen LogP contribution in [-0.4, -0.2) is 56.0 Å². The van der Waals surface area contributed by atoms with Gasteiger partial charge in [0, 0.05) is 40.7 Å². The third-order valence-corrected chi connectivity index (χ3v) is 3.51. The molecule has 5 nitrogen and oxygen atoms in total. The number of aliphatic imine (C=N–C) groups is 1. The lowest BCUT2D eigenvalue weighted by molar-refractivity contribution is 0.119. The minimum absolute atomic E-state index is 0.0508. The quantitative estimate of drug-likeness (QED) is 0.618. The van der Waals surface area contributed by atoms with Gasteiger partial charge in [-0.2, -0.15) is 0 Å². The van der Waals surface area contributed by atoms with E-state index in [1.54, 1.807) is 18.4 Å². The molecule has 0 saturated carbocycles. The normalized spacial score (nSPS) is 12.1. The van der Waals surface area contributed by atoms with E-state index in [2.05, 4.69) is 9.98 Å². The molecule has 0 radical (unpaired) electrons. The number of rotatable bonds is 4. The van der Waals surface area contributed by atoms with Crippen LogP contribution in [0.4, 0.5) is 0 Å². The Hall–Kier alpha value is -1.14. The van der Waals surface area contributed by atoms with Gasteiger partial charge in [-0.05, 0) is 6.92 Å². The smallest absolute Gasteiger partial charge is 0.195 e. The Morgan fingerprint density at radius 2 is 2.00 bits per heavy atom. The summed E-state index contributed by atoms with van der Waals surface area (Å²) >= 11 is 1.62. The van der Waals surface area contributed by atoms with Gasteiger partial charge in [-0.1, -0.05) is 0 Å². The van der Waals surface area contributed by atoms with E-state index in [4.69, 9.17) is 4.74 Å². The molecule has 1 unspecified atom stereocenters. The molecule has 18 heavy (non-hydrogen) atoms. The fraction of sp³-hybridized carbons (Fsp3) is 0.667. The average molecular weight is 270 g/mol. The van der Waals surface area contributed by atoms with Crippen LogP contribution in [0.15, 0.2) is 10.4 Å². The van der Waals surface area contributed by atoms with Crippen molar-refractivity contribution >= 4 is 17.3 Å². The lowest BCUT2D eigenvalue weighted by Crippen LogP contribution is -2.35. The summed E-state index contributed by atoms with van der Waals surface area (Å²) in [5.74, 6) is 0.935. The molecular weight excluding hydrogens is 248 g/mol. The highest BCUT2D eigenvalue weighted by Gasteiger charge is 2.10. The van der Waals surface area contributed by atoms with Crippen molar-refractivity contribution in [2.75, 3.05) is 35.3 Å². The molecule has 0 bridgehead atoms. The van der Waals surface area contributed by atoms with Crippen LogP contribution in [0.25, 0.3) is 0 Å². The molecule has 1 atom stereocenters. The van der Waals surface area contributed by atoms with Crippen molar-refractivity contribution in [3.05, 3.63) is 16.1 Å². The molecule has 0 N–H and O–H groups in total. The first-order valence-corrected chi connectivity index (χ1v) is 6.69. The van der Waals surface area contributed by atoms with E-state index >= 15 is 0 Å². The molecule has 102 valence electrons. The SMILES string of the molecule is COC(C)c1nc(CN=C(N(C)C)N(C)C)cs1. The van der Waals surface area contributed by atoms with Crippen LogP contribution in [0.2, 0.25) is 0 Å². The molecule has 0 aromatic carbocycles. The number of aromatic nitrogens is 1. The predicted octanol–water partition coefficient (Wildman–Crippen LogP) is 1.83. The Kier molecular flexibility index (Phi) is 5.55. The molecule has 0 saturated heterocycles. The van der Waals surface area contributed by atoms with Gasteiger partial charge in [0.15, 0.2) is 5.96 Å². The molecule has 0 spiro atoms. The largest absolute Gasteiger partial charge is 0.375 e. The monoisotopic (exact) mass is 270 g/mol. The molecular formula is C12H22N4OS. The van der Waals surface area contributed by atoms with Crippen molar-refractivity contribution < 1.29 is 4.74 Å². The number of thiazole rings is 1. The topological polar surface area (TPSA) is 41.0 Å². The number of guanidine groups is 1. The third kappa shape index (κ3) is 3.96. The van der Waals surface area contributed by atoms with Crippen LogP contribution < -0.4 is 0 Å². The minimum Gasteiger partial charge on any atom is -0.375 e. The van der Waals surface area contributed by atoms with Crippen molar-refractivity contribution in [2.24, 2.45) is 4.99 Å². The maximum atomic E-state index is 5.25. The highest BCUT2D eigenvalue weighted by atomic mass is 32.1. The van der Waals surface area contributed by atoms with Crippen molar-refractivity contribution in [2.45, 2.75) is 19.6 Å². The lowest BCUT2D eigenvalue weighted by atomic mass is 10.4. The zero-order chi connectivity index (χ0) is 13.7. The highest BCUT2D eigenvalue weighted by Crippen LogP contribution is 2.20. The average Bonchev–Trinajstić information content (AvgIpc) is 2.76. The Morgan fingerprint density at radius 1 is 1.39 bits per heavy atom. The molecule has 0 fully saturated rings. The van der Waals surface area contributed by atoms with Crippen molar-refractivity contribution in [3.8, 4) is 0 Å². The van der Waals surface area contributed by atoms with Gasteiger partial charge >= 0.3 is 0 Å². The number of nitrogens with zero attached hydrogens (tertiary/aromatic N) is 4. The maximum Gasteiger partial charge on any atom is 0.195 e. The number of hydrogen-bond acceptors (Lipinski definition) is 4. The number of methoxy groups -OCH3 is 1. The second-order valence-corrected chi connectivity index (χ2v) is 5.35. The molecule has 0 aliphatic carbocycles. The van der Waals surface area contributed by atoms with Crippen LogP contribution in [0.5, 0.6) is 0 Å². The zero-order valence-corrected chi connectivity index (χ0v) is 12.8. The van der Waals surface area contributed by atoms with E-state index in [1.807, 2.05) is 50.3 Å². The van der Waals surface area contributed by atoms with Gasteiger partial charge in [-0.15, -0.1) is 11.3 Å². The van der Waals surface area contributed by atoms with Crippen LogP contribution in [0.3, 0.4) is 0 Å². The number of hydrogen-bond donors (Lipinski definition) is 0. The second-order valence-electron chi connectivity index (χ2n) is 4.46. The van der Waals surface area contributed by atoms with Crippen LogP contribution in [0.1, 0.15) is 23.7 Å². The summed E-state index contributed by atoms with van der Waals surface area (Å²) in [6, 6.07) is 0. The molecule has 1 aromatic heterocycles.